The number of rotatable bonds is 4. The third-order valence-electron chi connectivity index (χ3n) is 3.20. The summed E-state index contributed by atoms with van der Waals surface area (Å²) >= 11 is 0. The van der Waals surface area contributed by atoms with E-state index in [-0.39, 0.29) is 5.54 Å². The molecule has 0 amide bonds. The molecule has 0 bridgehead atoms. The molecule has 1 aromatic carbocycles. The highest BCUT2D eigenvalue weighted by Gasteiger charge is 2.08. The van der Waals surface area contributed by atoms with Gasteiger partial charge in [-0.2, -0.15) is 0 Å². The van der Waals surface area contributed by atoms with Gasteiger partial charge in [0.1, 0.15) is 0 Å². The van der Waals surface area contributed by atoms with Crippen molar-refractivity contribution < 1.29 is 0 Å². The molecule has 0 radical (unpaired) electrons. The topological polar surface area (TPSA) is 27.8 Å². The maximum Gasteiger partial charge on any atom is 0.0459 e. The Kier molecular flexibility index (Phi) is 3.76. The minimum absolute atomic E-state index is 0.220. The molecule has 1 heterocycles. The summed E-state index contributed by atoms with van der Waals surface area (Å²) in [7, 11) is 0. The Labute approximate surface area is 110 Å². The third-order valence-corrected chi connectivity index (χ3v) is 3.20. The number of H-pyrrole nitrogens is 1. The fourth-order valence-electron chi connectivity index (χ4n) is 2.25. The van der Waals surface area contributed by atoms with Crippen LogP contribution in [0.5, 0.6) is 0 Å². The van der Waals surface area contributed by atoms with Gasteiger partial charge < -0.3 is 10.3 Å². The largest absolute Gasteiger partial charge is 0.361 e. The van der Waals surface area contributed by atoms with Gasteiger partial charge in [-0.15, -0.1) is 0 Å². The molecule has 0 saturated heterocycles. The molecule has 0 atom stereocenters. The molecule has 2 heteroatoms. The minimum Gasteiger partial charge on any atom is -0.361 e. The second-order valence-electron chi connectivity index (χ2n) is 6.14. The first kappa shape index (κ1) is 13.2. The van der Waals surface area contributed by atoms with Crippen LogP contribution in [0.2, 0.25) is 0 Å². The summed E-state index contributed by atoms with van der Waals surface area (Å²) in [4.78, 5) is 3.37. The number of fused-ring (bicyclic) bond motifs is 1. The van der Waals surface area contributed by atoms with Crippen molar-refractivity contribution in [3.8, 4) is 0 Å². The molecule has 98 valence electrons. The highest BCUT2D eigenvalue weighted by atomic mass is 14.9. The summed E-state index contributed by atoms with van der Waals surface area (Å²) in [5, 5.41) is 4.90. The Morgan fingerprint density at radius 3 is 2.72 bits per heavy atom. The van der Waals surface area contributed by atoms with Crippen molar-refractivity contribution in [1.82, 2.24) is 10.3 Å². The van der Waals surface area contributed by atoms with Crippen molar-refractivity contribution in [2.75, 3.05) is 6.54 Å². The van der Waals surface area contributed by atoms with E-state index in [4.69, 9.17) is 0 Å². The van der Waals surface area contributed by atoms with Crippen LogP contribution >= 0.6 is 0 Å². The van der Waals surface area contributed by atoms with Crippen LogP contribution in [0.15, 0.2) is 24.4 Å². The van der Waals surface area contributed by atoms with Crippen LogP contribution in [0.4, 0.5) is 0 Å². The fraction of sp³-hybridized carbons (Fsp3) is 0.500. The first-order valence-corrected chi connectivity index (χ1v) is 6.77. The standard InChI is InChI=1S/C16H24N2/c1-12-7-8-14-13(11-17-15(14)10-12)6-5-9-18-16(2,3)4/h7-8,10-11,17-18H,5-6,9H2,1-4H3. The van der Waals surface area contributed by atoms with Crippen LogP contribution in [-0.4, -0.2) is 17.1 Å². The Morgan fingerprint density at radius 1 is 1.22 bits per heavy atom. The van der Waals surface area contributed by atoms with Crippen LogP contribution in [-0.2, 0) is 6.42 Å². The highest BCUT2D eigenvalue weighted by molar-refractivity contribution is 5.83. The predicted octanol–water partition coefficient (Wildman–Crippen LogP) is 3.80. The van der Waals surface area contributed by atoms with Gasteiger partial charge in [0.25, 0.3) is 0 Å². The summed E-state index contributed by atoms with van der Waals surface area (Å²) < 4.78 is 0. The van der Waals surface area contributed by atoms with E-state index in [1.807, 2.05) is 0 Å². The summed E-state index contributed by atoms with van der Waals surface area (Å²) in [6.07, 6.45) is 4.46. The van der Waals surface area contributed by atoms with Crippen molar-refractivity contribution in [2.45, 2.75) is 46.1 Å². The normalized spacial score (nSPS) is 12.2. The second kappa shape index (κ2) is 5.15. The molecule has 0 aliphatic rings. The maximum absolute atomic E-state index is 3.53. The van der Waals surface area contributed by atoms with Crippen molar-refractivity contribution >= 4 is 10.9 Å². The van der Waals surface area contributed by atoms with Gasteiger partial charge in [0.05, 0.1) is 0 Å². The molecule has 0 fully saturated rings. The molecule has 2 rings (SSSR count). The molecule has 0 aliphatic heterocycles. The van der Waals surface area contributed by atoms with E-state index in [2.05, 4.69) is 62.4 Å². The Morgan fingerprint density at radius 2 is 2.00 bits per heavy atom. The number of hydrogen-bond acceptors (Lipinski definition) is 1. The van der Waals surface area contributed by atoms with E-state index in [0.717, 1.165) is 13.0 Å². The Hall–Kier alpha value is -1.28. The molecular weight excluding hydrogens is 220 g/mol. The molecular formula is C16H24N2. The molecule has 0 unspecified atom stereocenters. The lowest BCUT2D eigenvalue weighted by molar-refractivity contribution is 0.422. The van der Waals surface area contributed by atoms with E-state index >= 15 is 0 Å². The van der Waals surface area contributed by atoms with Crippen molar-refractivity contribution in [3.05, 3.63) is 35.5 Å². The van der Waals surface area contributed by atoms with E-state index in [1.165, 1.54) is 28.5 Å². The van der Waals surface area contributed by atoms with Crippen molar-refractivity contribution in [1.29, 1.82) is 0 Å². The van der Waals surface area contributed by atoms with Gasteiger partial charge in [-0.25, -0.2) is 0 Å². The van der Waals surface area contributed by atoms with Crippen LogP contribution < -0.4 is 5.32 Å². The maximum atomic E-state index is 3.53. The Bertz CT molecular complexity index is 517. The van der Waals surface area contributed by atoms with Gasteiger partial charge in [-0.3, -0.25) is 0 Å². The number of aryl methyl sites for hydroxylation is 2. The lowest BCUT2D eigenvalue weighted by Gasteiger charge is -2.20. The van der Waals surface area contributed by atoms with E-state index in [1.54, 1.807) is 0 Å². The highest BCUT2D eigenvalue weighted by Crippen LogP contribution is 2.20. The molecule has 1 aromatic heterocycles. The number of nitrogens with one attached hydrogen (secondary N) is 2. The molecule has 0 spiro atoms. The number of aromatic nitrogens is 1. The zero-order valence-corrected chi connectivity index (χ0v) is 11.9. The average Bonchev–Trinajstić information content (AvgIpc) is 2.65. The fourth-order valence-corrected chi connectivity index (χ4v) is 2.25. The molecule has 18 heavy (non-hydrogen) atoms. The summed E-state index contributed by atoms with van der Waals surface area (Å²) in [6, 6.07) is 6.63. The summed E-state index contributed by atoms with van der Waals surface area (Å²) in [6.45, 7) is 9.83. The SMILES string of the molecule is Cc1ccc2c(CCCNC(C)(C)C)c[nH]c2c1. The van der Waals surface area contributed by atoms with Gasteiger partial charge in [-0.1, -0.05) is 12.1 Å². The monoisotopic (exact) mass is 244 g/mol. The van der Waals surface area contributed by atoms with Crippen LogP contribution in [0.1, 0.15) is 38.3 Å². The van der Waals surface area contributed by atoms with Crippen LogP contribution in [0, 0.1) is 6.92 Å². The quantitative estimate of drug-likeness (QED) is 0.787. The molecule has 2 aromatic rings. The zero-order chi connectivity index (χ0) is 13.2. The van der Waals surface area contributed by atoms with Gasteiger partial charge in [0.2, 0.25) is 0 Å². The van der Waals surface area contributed by atoms with Crippen molar-refractivity contribution in [3.63, 3.8) is 0 Å². The van der Waals surface area contributed by atoms with E-state index < -0.39 is 0 Å². The summed E-state index contributed by atoms with van der Waals surface area (Å²) in [5.74, 6) is 0. The van der Waals surface area contributed by atoms with Gasteiger partial charge in [0.15, 0.2) is 0 Å². The lowest BCUT2D eigenvalue weighted by Crippen LogP contribution is -2.36. The first-order valence-electron chi connectivity index (χ1n) is 6.77. The van der Waals surface area contributed by atoms with Crippen LogP contribution in [0.3, 0.4) is 0 Å². The molecule has 0 aliphatic carbocycles. The van der Waals surface area contributed by atoms with Gasteiger partial charge in [0, 0.05) is 22.6 Å². The molecule has 0 saturated carbocycles. The molecule has 2 N–H and O–H groups in total. The number of benzene rings is 1. The van der Waals surface area contributed by atoms with Crippen molar-refractivity contribution in [2.24, 2.45) is 0 Å². The predicted molar refractivity (Wildman–Crippen MR) is 79.1 cm³/mol. The minimum atomic E-state index is 0.220. The second-order valence-corrected chi connectivity index (χ2v) is 6.14. The van der Waals surface area contributed by atoms with Gasteiger partial charge >= 0.3 is 0 Å². The van der Waals surface area contributed by atoms with Gasteiger partial charge in [-0.05, 0) is 64.3 Å². The zero-order valence-electron chi connectivity index (χ0n) is 11.9. The number of hydrogen-bond donors (Lipinski definition) is 2. The Balaban J connectivity index is 1.96. The van der Waals surface area contributed by atoms with Crippen LogP contribution in [0.25, 0.3) is 10.9 Å². The van der Waals surface area contributed by atoms with E-state index in [9.17, 15) is 0 Å². The average molecular weight is 244 g/mol. The third kappa shape index (κ3) is 3.36. The lowest BCUT2D eigenvalue weighted by atomic mass is 10.1. The number of aromatic amines is 1. The first-order chi connectivity index (χ1) is 8.46. The summed E-state index contributed by atoms with van der Waals surface area (Å²) in [5.41, 5.74) is 4.22. The smallest absolute Gasteiger partial charge is 0.0459 e. The molecule has 2 nitrogen and oxygen atoms in total. The van der Waals surface area contributed by atoms with E-state index in [0.29, 0.717) is 0 Å².